The minimum Gasteiger partial charge on any atom is -0.344 e. The smallest absolute Gasteiger partial charge is 0.243 e. The summed E-state index contributed by atoms with van der Waals surface area (Å²) < 4.78 is 26.3. The van der Waals surface area contributed by atoms with E-state index in [1.807, 2.05) is 19.9 Å². The highest BCUT2D eigenvalue weighted by atomic mass is 32.2. The van der Waals surface area contributed by atoms with Crippen molar-refractivity contribution in [1.82, 2.24) is 4.31 Å². The molecule has 0 amide bonds. The van der Waals surface area contributed by atoms with Crippen molar-refractivity contribution in [2.24, 2.45) is 0 Å². The molecule has 0 atom stereocenters. The maximum atomic E-state index is 12.4. The van der Waals surface area contributed by atoms with Crippen molar-refractivity contribution < 1.29 is 13.7 Å². The molecule has 0 saturated carbocycles. The van der Waals surface area contributed by atoms with Gasteiger partial charge in [0.1, 0.15) is 0 Å². The van der Waals surface area contributed by atoms with Gasteiger partial charge in [0.2, 0.25) is 10.0 Å². The van der Waals surface area contributed by atoms with E-state index < -0.39 is 10.0 Å². The van der Waals surface area contributed by atoms with Crippen LogP contribution in [0.3, 0.4) is 0 Å². The monoisotopic (exact) mass is 255 g/mol. The lowest BCUT2D eigenvalue weighted by atomic mass is 10.1. The highest BCUT2D eigenvalue weighted by molar-refractivity contribution is 7.89. The third-order valence-corrected chi connectivity index (χ3v) is 5.18. The Morgan fingerprint density at radius 2 is 1.76 bits per heavy atom. The van der Waals surface area contributed by atoms with Gasteiger partial charge >= 0.3 is 0 Å². The van der Waals surface area contributed by atoms with Crippen LogP contribution in [0.2, 0.25) is 0 Å². The number of quaternary nitrogens is 1. The number of hydrogen-bond donors (Lipinski definition) is 1. The minimum atomic E-state index is -3.29. The van der Waals surface area contributed by atoms with Crippen LogP contribution in [0, 0.1) is 13.8 Å². The highest BCUT2D eigenvalue weighted by Gasteiger charge is 2.27. The molecule has 0 spiro atoms. The first kappa shape index (κ1) is 12.5. The fourth-order valence-corrected chi connectivity index (χ4v) is 3.55. The van der Waals surface area contributed by atoms with Gasteiger partial charge in [0, 0.05) is 0 Å². The third kappa shape index (κ3) is 2.51. The second kappa shape index (κ2) is 4.76. The summed E-state index contributed by atoms with van der Waals surface area (Å²) in [7, 11) is -3.29. The van der Waals surface area contributed by atoms with Crippen LogP contribution in [-0.4, -0.2) is 38.9 Å². The zero-order valence-corrected chi connectivity index (χ0v) is 11.1. The van der Waals surface area contributed by atoms with Gasteiger partial charge in [-0.25, -0.2) is 8.42 Å². The molecule has 2 N–H and O–H groups in total. The Morgan fingerprint density at radius 1 is 1.12 bits per heavy atom. The van der Waals surface area contributed by atoms with Crippen LogP contribution in [0.1, 0.15) is 11.1 Å². The molecule has 0 unspecified atom stereocenters. The second-order valence-electron chi connectivity index (χ2n) is 4.52. The minimum absolute atomic E-state index is 0.419. The fourth-order valence-electron chi connectivity index (χ4n) is 1.99. The lowest BCUT2D eigenvalue weighted by Gasteiger charge is -2.24. The maximum Gasteiger partial charge on any atom is 0.243 e. The molecule has 2 rings (SSSR count). The number of benzene rings is 1. The van der Waals surface area contributed by atoms with Crippen LogP contribution >= 0.6 is 0 Å². The SMILES string of the molecule is Cc1ccc(S(=O)(=O)N2CC[NH2+]CC2)cc1C. The summed E-state index contributed by atoms with van der Waals surface area (Å²) in [6.45, 7) is 6.85. The van der Waals surface area contributed by atoms with Crippen molar-refractivity contribution in [2.45, 2.75) is 18.7 Å². The molecule has 1 fully saturated rings. The van der Waals surface area contributed by atoms with E-state index in [4.69, 9.17) is 0 Å². The normalized spacial score (nSPS) is 18.2. The summed E-state index contributed by atoms with van der Waals surface area (Å²) in [5.41, 5.74) is 2.14. The zero-order valence-electron chi connectivity index (χ0n) is 10.3. The van der Waals surface area contributed by atoms with Gasteiger partial charge in [-0.05, 0) is 37.1 Å². The van der Waals surface area contributed by atoms with Crippen molar-refractivity contribution in [3.05, 3.63) is 29.3 Å². The quantitative estimate of drug-likeness (QED) is 0.800. The topological polar surface area (TPSA) is 54.0 Å². The Kier molecular flexibility index (Phi) is 3.51. The van der Waals surface area contributed by atoms with Crippen LogP contribution in [0.25, 0.3) is 0 Å². The van der Waals surface area contributed by atoms with Crippen molar-refractivity contribution in [1.29, 1.82) is 0 Å². The number of aryl methyl sites for hydroxylation is 2. The Balaban J connectivity index is 2.33. The van der Waals surface area contributed by atoms with E-state index >= 15 is 0 Å². The highest BCUT2D eigenvalue weighted by Crippen LogP contribution is 2.18. The molecule has 1 aliphatic heterocycles. The number of nitrogens with zero attached hydrogens (tertiary/aromatic N) is 1. The van der Waals surface area contributed by atoms with E-state index in [9.17, 15) is 8.42 Å². The molecule has 5 heteroatoms. The molecule has 4 nitrogen and oxygen atoms in total. The second-order valence-corrected chi connectivity index (χ2v) is 6.45. The summed E-state index contributed by atoms with van der Waals surface area (Å²) in [6, 6.07) is 5.34. The van der Waals surface area contributed by atoms with E-state index in [1.54, 1.807) is 16.4 Å². The summed E-state index contributed by atoms with van der Waals surface area (Å²) in [5, 5.41) is 2.15. The molecule has 1 aliphatic rings. The van der Waals surface area contributed by atoms with Crippen LogP contribution in [-0.2, 0) is 10.0 Å². The number of hydrogen-bond acceptors (Lipinski definition) is 2. The summed E-state index contributed by atoms with van der Waals surface area (Å²) in [5.74, 6) is 0. The lowest BCUT2D eigenvalue weighted by molar-refractivity contribution is -0.661. The van der Waals surface area contributed by atoms with Gasteiger partial charge < -0.3 is 5.32 Å². The van der Waals surface area contributed by atoms with Crippen LogP contribution in [0.15, 0.2) is 23.1 Å². The van der Waals surface area contributed by atoms with Gasteiger partial charge in [0.15, 0.2) is 0 Å². The van der Waals surface area contributed by atoms with Gasteiger partial charge in [-0.2, -0.15) is 4.31 Å². The summed E-state index contributed by atoms with van der Waals surface area (Å²) in [4.78, 5) is 0.419. The third-order valence-electron chi connectivity index (χ3n) is 3.28. The maximum absolute atomic E-state index is 12.4. The lowest BCUT2D eigenvalue weighted by Crippen LogP contribution is -2.89. The molecule has 0 aromatic heterocycles. The fraction of sp³-hybridized carbons (Fsp3) is 0.500. The van der Waals surface area contributed by atoms with Gasteiger partial charge in [0.05, 0.1) is 31.1 Å². The molecule has 94 valence electrons. The molecule has 1 saturated heterocycles. The predicted molar refractivity (Wildman–Crippen MR) is 66.3 cm³/mol. The standard InChI is InChI=1S/C12H18N2O2S/c1-10-3-4-12(9-11(10)2)17(15,16)14-7-5-13-6-8-14/h3-4,9,13H,5-8H2,1-2H3/p+1. The van der Waals surface area contributed by atoms with E-state index in [0.717, 1.165) is 24.2 Å². The number of nitrogens with two attached hydrogens (primary N) is 1. The average molecular weight is 255 g/mol. The molecule has 1 aromatic rings. The molecular formula is C12H19N2O2S+. The zero-order chi connectivity index (χ0) is 12.5. The molecule has 1 heterocycles. The van der Waals surface area contributed by atoms with Crippen molar-refractivity contribution >= 4 is 10.0 Å². The van der Waals surface area contributed by atoms with Crippen molar-refractivity contribution in [3.63, 3.8) is 0 Å². The predicted octanol–water partition coefficient (Wildman–Crippen LogP) is -0.129. The molecule has 17 heavy (non-hydrogen) atoms. The van der Waals surface area contributed by atoms with E-state index in [1.165, 1.54) is 0 Å². The number of rotatable bonds is 2. The van der Waals surface area contributed by atoms with Crippen molar-refractivity contribution in [3.8, 4) is 0 Å². The van der Waals surface area contributed by atoms with Crippen LogP contribution in [0.5, 0.6) is 0 Å². The molecule has 0 radical (unpaired) electrons. The largest absolute Gasteiger partial charge is 0.344 e. The first-order valence-corrected chi connectivity index (χ1v) is 7.35. The Labute approximate surface area is 103 Å². The van der Waals surface area contributed by atoms with Gasteiger partial charge in [-0.15, -0.1) is 0 Å². The van der Waals surface area contributed by atoms with E-state index in [2.05, 4.69) is 5.32 Å². The van der Waals surface area contributed by atoms with Crippen LogP contribution < -0.4 is 5.32 Å². The first-order valence-electron chi connectivity index (χ1n) is 5.91. The van der Waals surface area contributed by atoms with E-state index in [-0.39, 0.29) is 0 Å². The first-order chi connectivity index (χ1) is 8.01. The van der Waals surface area contributed by atoms with E-state index in [0.29, 0.717) is 18.0 Å². The molecule has 0 aliphatic carbocycles. The van der Waals surface area contributed by atoms with Crippen molar-refractivity contribution in [2.75, 3.05) is 26.2 Å². The van der Waals surface area contributed by atoms with Gasteiger partial charge in [0.25, 0.3) is 0 Å². The Hall–Kier alpha value is -0.910. The summed E-state index contributed by atoms with van der Waals surface area (Å²) >= 11 is 0. The van der Waals surface area contributed by atoms with Gasteiger partial charge in [-0.1, -0.05) is 6.07 Å². The Morgan fingerprint density at radius 3 is 2.35 bits per heavy atom. The molecule has 1 aromatic carbocycles. The average Bonchev–Trinajstić information content (AvgIpc) is 2.33. The number of sulfonamides is 1. The van der Waals surface area contributed by atoms with Crippen LogP contribution in [0.4, 0.5) is 0 Å². The molecular weight excluding hydrogens is 236 g/mol. The molecule has 0 bridgehead atoms. The Bertz CT molecular complexity index is 505. The summed E-state index contributed by atoms with van der Waals surface area (Å²) in [6.07, 6.45) is 0. The van der Waals surface area contributed by atoms with Gasteiger partial charge in [-0.3, -0.25) is 0 Å². The number of piperazine rings is 1.